The van der Waals surface area contributed by atoms with Gasteiger partial charge in [0, 0.05) is 5.69 Å². The van der Waals surface area contributed by atoms with E-state index in [0.717, 1.165) is 6.07 Å². The van der Waals surface area contributed by atoms with E-state index in [-0.39, 0.29) is 17.4 Å². The summed E-state index contributed by atoms with van der Waals surface area (Å²) >= 11 is 0. The summed E-state index contributed by atoms with van der Waals surface area (Å²) in [6, 6.07) is 3.58. The fourth-order valence-electron chi connectivity index (χ4n) is 1.37. The Morgan fingerprint density at radius 2 is 1.94 bits per heavy atom. The SMILES string of the molecule is Cc1ccc(NC(=O)OC(C)C)cc1C(F)(F)F. The third-order valence-electron chi connectivity index (χ3n) is 2.13. The van der Waals surface area contributed by atoms with Crippen LogP contribution in [-0.2, 0) is 10.9 Å². The number of hydrogen-bond donors (Lipinski definition) is 1. The number of carbonyl (C=O) groups excluding carboxylic acids is 1. The maximum Gasteiger partial charge on any atom is 0.416 e. The second-order valence-corrected chi connectivity index (χ2v) is 4.11. The minimum Gasteiger partial charge on any atom is -0.447 e. The van der Waals surface area contributed by atoms with E-state index >= 15 is 0 Å². The molecule has 0 saturated heterocycles. The first-order valence-corrected chi connectivity index (χ1v) is 5.35. The number of amides is 1. The van der Waals surface area contributed by atoms with Crippen molar-refractivity contribution in [3.05, 3.63) is 29.3 Å². The highest BCUT2D eigenvalue weighted by Crippen LogP contribution is 2.33. The molecule has 0 saturated carbocycles. The third-order valence-corrected chi connectivity index (χ3v) is 2.13. The van der Waals surface area contributed by atoms with Crippen LogP contribution >= 0.6 is 0 Å². The summed E-state index contributed by atoms with van der Waals surface area (Å²) in [6.07, 6.45) is -5.55. The Kier molecular flexibility index (Phi) is 4.21. The highest BCUT2D eigenvalue weighted by Gasteiger charge is 2.32. The van der Waals surface area contributed by atoms with Crippen LogP contribution in [0.5, 0.6) is 0 Å². The zero-order chi connectivity index (χ0) is 13.9. The van der Waals surface area contributed by atoms with Gasteiger partial charge in [-0.05, 0) is 38.5 Å². The minimum atomic E-state index is -4.44. The van der Waals surface area contributed by atoms with Gasteiger partial charge in [0.05, 0.1) is 11.7 Å². The van der Waals surface area contributed by atoms with E-state index in [1.54, 1.807) is 13.8 Å². The van der Waals surface area contributed by atoms with Crippen LogP contribution in [-0.4, -0.2) is 12.2 Å². The molecule has 0 radical (unpaired) electrons. The van der Waals surface area contributed by atoms with E-state index in [2.05, 4.69) is 5.32 Å². The maximum absolute atomic E-state index is 12.6. The zero-order valence-corrected chi connectivity index (χ0v) is 10.3. The molecule has 1 rings (SSSR count). The van der Waals surface area contributed by atoms with Gasteiger partial charge >= 0.3 is 12.3 Å². The number of nitrogens with one attached hydrogen (secondary N) is 1. The number of benzene rings is 1. The molecular formula is C12H14F3NO2. The Balaban J connectivity index is 2.89. The largest absolute Gasteiger partial charge is 0.447 e. The second-order valence-electron chi connectivity index (χ2n) is 4.11. The standard InChI is InChI=1S/C12H14F3NO2/c1-7(2)18-11(17)16-9-5-4-8(3)10(6-9)12(13,14)15/h4-7H,1-3H3,(H,16,17). The lowest BCUT2D eigenvalue weighted by Gasteiger charge is -2.13. The molecule has 18 heavy (non-hydrogen) atoms. The summed E-state index contributed by atoms with van der Waals surface area (Å²) in [4.78, 5) is 11.3. The monoisotopic (exact) mass is 261 g/mol. The lowest BCUT2D eigenvalue weighted by molar-refractivity contribution is -0.138. The number of anilines is 1. The first-order chi connectivity index (χ1) is 8.20. The van der Waals surface area contributed by atoms with Gasteiger partial charge in [0.2, 0.25) is 0 Å². The predicted molar refractivity (Wildman–Crippen MR) is 61.4 cm³/mol. The average Bonchev–Trinajstić information content (AvgIpc) is 2.17. The highest BCUT2D eigenvalue weighted by atomic mass is 19.4. The van der Waals surface area contributed by atoms with Crippen molar-refractivity contribution in [1.82, 2.24) is 0 Å². The summed E-state index contributed by atoms with van der Waals surface area (Å²) in [5, 5.41) is 2.25. The van der Waals surface area contributed by atoms with Crippen molar-refractivity contribution in [1.29, 1.82) is 0 Å². The molecule has 1 amide bonds. The Hall–Kier alpha value is -1.72. The summed E-state index contributed by atoms with van der Waals surface area (Å²) in [5.41, 5.74) is -0.617. The molecule has 0 spiro atoms. The quantitative estimate of drug-likeness (QED) is 0.874. The molecule has 1 aromatic rings. The van der Waals surface area contributed by atoms with E-state index in [1.807, 2.05) is 0 Å². The zero-order valence-electron chi connectivity index (χ0n) is 10.3. The Morgan fingerprint density at radius 3 is 2.44 bits per heavy atom. The van der Waals surface area contributed by atoms with Crippen LogP contribution in [0.15, 0.2) is 18.2 Å². The van der Waals surface area contributed by atoms with Crippen molar-refractivity contribution in [2.45, 2.75) is 33.1 Å². The molecule has 0 atom stereocenters. The van der Waals surface area contributed by atoms with Gasteiger partial charge in [-0.2, -0.15) is 13.2 Å². The number of ether oxygens (including phenoxy) is 1. The summed E-state index contributed by atoms with van der Waals surface area (Å²) in [7, 11) is 0. The number of aryl methyl sites for hydroxylation is 1. The predicted octanol–water partition coefficient (Wildman–Crippen LogP) is 3.97. The van der Waals surface area contributed by atoms with Crippen molar-refractivity contribution < 1.29 is 22.7 Å². The topological polar surface area (TPSA) is 38.3 Å². The molecule has 100 valence electrons. The summed E-state index contributed by atoms with van der Waals surface area (Å²) < 4.78 is 42.7. The fourth-order valence-corrected chi connectivity index (χ4v) is 1.37. The van der Waals surface area contributed by atoms with Crippen molar-refractivity contribution >= 4 is 11.8 Å². The van der Waals surface area contributed by atoms with Crippen LogP contribution in [0.1, 0.15) is 25.0 Å². The van der Waals surface area contributed by atoms with Gasteiger partial charge in [0.15, 0.2) is 0 Å². The van der Waals surface area contributed by atoms with Crippen LogP contribution in [0, 0.1) is 6.92 Å². The molecule has 0 aliphatic rings. The molecule has 0 fully saturated rings. The summed E-state index contributed by atoms with van der Waals surface area (Å²) in [6.45, 7) is 4.66. The molecule has 0 bridgehead atoms. The molecule has 3 nitrogen and oxygen atoms in total. The molecular weight excluding hydrogens is 247 g/mol. The number of alkyl halides is 3. The van der Waals surface area contributed by atoms with E-state index in [4.69, 9.17) is 4.74 Å². The van der Waals surface area contributed by atoms with E-state index in [0.29, 0.717) is 0 Å². The normalized spacial score (nSPS) is 11.5. The van der Waals surface area contributed by atoms with Gasteiger partial charge in [-0.15, -0.1) is 0 Å². The Morgan fingerprint density at radius 1 is 1.33 bits per heavy atom. The third kappa shape index (κ3) is 3.94. The van der Waals surface area contributed by atoms with Crippen LogP contribution < -0.4 is 5.32 Å². The van der Waals surface area contributed by atoms with Crippen molar-refractivity contribution in [3.63, 3.8) is 0 Å². The number of rotatable bonds is 2. The molecule has 0 aromatic heterocycles. The lowest BCUT2D eigenvalue weighted by atomic mass is 10.1. The number of carbonyl (C=O) groups is 1. The van der Waals surface area contributed by atoms with Gasteiger partial charge in [0.1, 0.15) is 0 Å². The van der Waals surface area contributed by atoms with Crippen LogP contribution in [0.4, 0.5) is 23.7 Å². The van der Waals surface area contributed by atoms with Crippen molar-refractivity contribution in [3.8, 4) is 0 Å². The first kappa shape index (κ1) is 14.3. The molecule has 0 aliphatic carbocycles. The van der Waals surface area contributed by atoms with Gasteiger partial charge < -0.3 is 4.74 Å². The van der Waals surface area contributed by atoms with Gasteiger partial charge in [-0.25, -0.2) is 4.79 Å². The van der Waals surface area contributed by atoms with Crippen molar-refractivity contribution in [2.75, 3.05) is 5.32 Å². The first-order valence-electron chi connectivity index (χ1n) is 5.35. The van der Waals surface area contributed by atoms with Crippen LogP contribution in [0.25, 0.3) is 0 Å². The number of halogens is 3. The lowest BCUT2D eigenvalue weighted by Crippen LogP contribution is -2.18. The minimum absolute atomic E-state index is 0.0542. The van der Waals surface area contributed by atoms with Crippen molar-refractivity contribution in [2.24, 2.45) is 0 Å². The Bertz CT molecular complexity index is 441. The van der Waals surface area contributed by atoms with Gasteiger partial charge in [0.25, 0.3) is 0 Å². The second kappa shape index (κ2) is 5.29. The van der Waals surface area contributed by atoms with Crippen LogP contribution in [0.3, 0.4) is 0 Å². The molecule has 1 N–H and O–H groups in total. The highest BCUT2D eigenvalue weighted by molar-refractivity contribution is 5.84. The molecule has 0 heterocycles. The van der Waals surface area contributed by atoms with E-state index in [9.17, 15) is 18.0 Å². The smallest absolute Gasteiger partial charge is 0.416 e. The Labute approximate surface area is 103 Å². The fraction of sp³-hybridized carbons (Fsp3) is 0.417. The van der Waals surface area contributed by atoms with Gasteiger partial charge in [-0.1, -0.05) is 6.07 Å². The number of hydrogen-bond acceptors (Lipinski definition) is 2. The molecule has 1 aromatic carbocycles. The molecule has 0 unspecified atom stereocenters. The molecule has 6 heteroatoms. The van der Waals surface area contributed by atoms with E-state index < -0.39 is 17.8 Å². The average molecular weight is 261 g/mol. The molecule has 0 aliphatic heterocycles. The van der Waals surface area contributed by atoms with Gasteiger partial charge in [-0.3, -0.25) is 5.32 Å². The maximum atomic E-state index is 12.6. The van der Waals surface area contributed by atoms with Crippen LogP contribution in [0.2, 0.25) is 0 Å². The summed E-state index contributed by atoms with van der Waals surface area (Å²) in [5.74, 6) is 0. The van der Waals surface area contributed by atoms with E-state index in [1.165, 1.54) is 19.1 Å².